The second-order valence-electron chi connectivity index (χ2n) is 10.3. The summed E-state index contributed by atoms with van der Waals surface area (Å²) in [6.07, 6.45) is 3.71. The van der Waals surface area contributed by atoms with Gasteiger partial charge >= 0.3 is 12.1 Å². The topological polar surface area (TPSA) is 95.8 Å². The number of hydrogen-bond donors (Lipinski definition) is 1. The molecule has 36 heavy (non-hydrogen) atoms. The molecule has 11 heteroatoms. The predicted molar refractivity (Wildman–Crippen MR) is 135 cm³/mol. The van der Waals surface area contributed by atoms with Crippen LogP contribution in [0.15, 0.2) is 30.6 Å². The molecule has 3 amide bonds. The average molecular weight is 496 g/mol. The quantitative estimate of drug-likeness (QED) is 0.595. The summed E-state index contributed by atoms with van der Waals surface area (Å²) < 4.78 is 21.4. The maximum Gasteiger partial charge on any atom is 0.410 e. The number of carbonyl (C=O) groups excluding carboxylic acids is 2. The van der Waals surface area contributed by atoms with Crippen LogP contribution < -0.4 is 15.1 Å². The standard InChI is InChI=1S/C25H30FN7O3/c1-25(2,3)36-24(35)31(5)17-13-32(14-17)20-6-8-27-22-18(20)7-9-33(22)23(34)28-16-10-15-12-30(4)29-21(15)19(26)11-16/h6,8,10-12,17H,7,9,13-14H2,1-5H3,(H,28,34). The lowest BCUT2D eigenvalue weighted by Crippen LogP contribution is -2.60. The van der Waals surface area contributed by atoms with Gasteiger partial charge in [-0.2, -0.15) is 5.10 Å². The molecule has 1 saturated heterocycles. The number of hydrogen-bond acceptors (Lipinski definition) is 6. The number of pyridine rings is 1. The van der Waals surface area contributed by atoms with Gasteiger partial charge in [-0.3, -0.25) is 9.58 Å². The smallest absolute Gasteiger partial charge is 0.410 e. The maximum absolute atomic E-state index is 14.4. The Morgan fingerprint density at radius 1 is 1.25 bits per heavy atom. The molecule has 3 aromatic rings. The zero-order valence-corrected chi connectivity index (χ0v) is 21.1. The molecule has 0 bridgehead atoms. The molecule has 0 atom stereocenters. The fourth-order valence-electron chi connectivity index (χ4n) is 4.62. The Bertz CT molecular complexity index is 1340. The highest BCUT2D eigenvalue weighted by Gasteiger charge is 2.37. The van der Waals surface area contributed by atoms with Crippen LogP contribution in [0.4, 0.5) is 31.2 Å². The Labute approximate surface area is 208 Å². The molecule has 190 valence electrons. The highest BCUT2D eigenvalue weighted by molar-refractivity contribution is 6.04. The average Bonchev–Trinajstić information content (AvgIpc) is 3.35. The third kappa shape index (κ3) is 4.40. The molecule has 0 radical (unpaired) electrons. The van der Waals surface area contributed by atoms with Gasteiger partial charge in [0, 0.05) is 68.4 Å². The molecule has 2 aliphatic heterocycles. The number of aromatic nitrogens is 3. The molecule has 2 aliphatic rings. The van der Waals surface area contributed by atoms with Crippen LogP contribution in [0.2, 0.25) is 0 Å². The Balaban J connectivity index is 1.27. The van der Waals surface area contributed by atoms with Crippen molar-refractivity contribution in [2.45, 2.75) is 38.8 Å². The van der Waals surface area contributed by atoms with Gasteiger partial charge in [0.05, 0.1) is 6.04 Å². The summed E-state index contributed by atoms with van der Waals surface area (Å²) in [6, 6.07) is 4.59. The molecule has 5 rings (SSSR count). The van der Waals surface area contributed by atoms with Gasteiger partial charge in [-0.1, -0.05) is 0 Å². The van der Waals surface area contributed by atoms with Crippen molar-refractivity contribution in [3.8, 4) is 0 Å². The van der Waals surface area contributed by atoms with Crippen LogP contribution in [-0.4, -0.2) is 70.1 Å². The minimum absolute atomic E-state index is 0.0433. The molecular formula is C25H30FN7O3. The Hall–Kier alpha value is -3.89. The summed E-state index contributed by atoms with van der Waals surface area (Å²) in [4.78, 5) is 35.3. The number of rotatable bonds is 3. The largest absolute Gasteiger partial charge is 0.444 e. The van der Waals surface area contributed by atoms with Gasteiger partial charge in [-0.15, -0.1) is 0 Å². The molecule has 2 aromatic heterocycles. The number of carbonyl (C=O) groups is 2. The number of ether oxygens (including phenoxy) is 1. The summed E-state index contributed by atoms with van der Waals surface area (Å²) in [5.74, 6) is 0.103. The number of fused-ring (bicyclic) bond motifs is 2. The van der Waals surface area contributed by atoms with E-state index in [1.165, 1.54) is 10.7 Å². The van der Waals surface area contributed by atoms with E-state index >= 15 is 0 Å². The van der Waals surface area contributed by atoms with Crippen molar-refractivity contribution in [3.63, 3.8) is 0 Å². The second kappa shape index (κ2) is 8.65. The van der Waals surface area contributed by atoms with Crippen molar-refractivity contribution in [2.75, 3.05) is 41.8 Å². The molecule has 1 N–H and O–H groups in total. The van der Waals surface area contributed by atoms with Gasteiger partial charge in [0.2, 0.25) is 0 Å². The number of anilines is 3. The zero-order chi connectivity index (χ0) is 25.8. The molecule has 4 heterocycles. The second-order valence-corrected chi connectivity index (χ2v) is 10.3. The lowest BCUT2D eigenvalue weighted by molar-refractivity contribution is 0.0197. The van der Waals surface area contributed by atoms with Crippen molar-refractivity contribution >= 4 is 40.2 Å². The van der Waals surface area contributed by atoms with E-state index in [0.29, 0.717) is 42.9 Å². The van der Waals surface area contributed by atoms with E-state index in [1.54, 1.807) is 42.4 Å². The van der Waals surface area contributed by atoms with E-state index in [4.69, 9.17) is 4.74 Å². The molecule has 0 aliphatic carbocycles. The monoisotopic (exact) mass is 495 g/mol. The van der Waals surface area contributed by atoms with Crippen LogP contribution in [-0.2, 0) is 18.2 Å². The van der Waals surface area contributed by atoms with Crippen molar-refractivity contribution in [1.29, 1.82) is 0 Å². The van der Waals surface area contributed by atoms with Gasteiger partial charge < -0.3 is 19.9 Å². The van der Waals surface area contributed by atoms with Gasteiger partial charge in [-0.25, -0.2) is 19.0 Å². The number of nitrogens with one attached hydrogen (secondary N) is 1. The number of urea groups is 1. The van der Waals surface area contributed by atoms with E-state index < -0.39 is 11.4 Å². The minimum atomic E-state index is -0.541. The molecule has 10 nitrogen and oxygen atoms in total. The first-order valence-electron chi connectivity index (χ1n) is 11.9. The third-order valence-electron chi connectivity index (χ3n) is 6.45. The summed E-state index contributed by atoms with van der Waals surface area (Å²) in [5.41, 5.74) is 2.07. The first-order chi connectivity index (χ1) is 17.0. The molecule has 1 fully saturated rings. The fourth-order valence-corrected chi connectivity index (χ4v) is 4.62. The van der Waals surface area contributed by atoms with Crippen LogP contribution in [0, 0.1) is 5.82 Å². The lowest BCUT2D eigenvalue weighted by Gasteiger charge is -2.45. The Morgan fingerprint density at radius 2 is 2.00 bits per heavy atom. The van der Waals surface area contributed by atoms with E-state index in [-0.39, 0.29) is 23.7 Å². The molecule has 0 spiro atoms. The summed E-state index contributed by atoms with van der Waals surface area (Å²) in [7, 11) is 3.48. The predicted octanol–water partition coefficient (Wildman–Crippen LogP) is 3.76. The Kier molecular flexibility index (Phi) is 5.73. The lowest BCUT2D eigenvalue weighted by atomic mass is 10.0. The van der Waals surface area contributed by atoms with Gasteiger partial charge in [0.15, 0.2) is 5.82 Å². The van der Waals surface area contributed by atoms with Crippen LogP contribution in [0.1, 0.15) is 26.3 Å². The SMILES string of the molecule is CN(C(=O)OC(C)(C)C)C1CN(c2ccnc3c2CCN3C(=O)Nc2cc(F)c3nn(C)cc3c2)C1. The van der Waals surface area contributed by atoms with Gasteiger partial charge in [-0.05, 0) is 45.4 Å². The number of amides is 3. The molecule has 1 aromatic carbocycles. The third-order valence-corrected chi connectivity index (χ3v) is 6.45. The number of likely N-dealkylation sites (N-methyl/N-ethyl adjacent to an activating group) is 1. The highest BCUT2D eigenvalue weighted by atomic mass is 19.1. The number of benzene rings is 1. The summed E-state index contributed by atoms with van der Waals surface area (Å²) >= 11 is 0. The van der Waals surface area contributed by atoms with E-state index in [2.05, 4.69) is 20.3 Å². The first-order valence-corrected chi connectivity index (χ1v) is 11.9. The maximum atomic E-state index is 14.4. The van der Waals surface area contributed by atoms with Crippen molar-refractivity contribution < 1.29 is 18.7 Å². The van der Waals surface area contributed by atoms with E-state index in [9.17, 15) is 14.0 Å². The highest BCUT2D eigenvalue weighted by Crippen LogP contribution is 2.36. The fraction of sp³-hybridized carbons (Fsp3) is 0.440. The zero-order valence-electron chi connectivity index (χ0n) is 21.1. The number of aryl methyl sites for hydroxylation is 1. The van der Waals surface area contributed by atoms with Crippen molar-refractivity contribution in [2.24, 2.45) is 7.05 Å². The van der Waals surface area contributed by atoms with Crippen molar-refractivity contribution in [3.05, 3.63) is 42.0 Å². The van der Waals surface area contributed by atoms with Crippen LogP contribution >= 0.6 is 0 Å². The number of nitrogens with zero attached hydrogens (tertiary/aromatic N) is 6. The molecule has 0 unspecified atom stereocenters. The van der Waals surface area contributed by atoms with Crippen LogP contribution in [0.5, 0.6) is 0 Å². The van der Waals surface area contributed by atoms with Crippen LogP contribution in [0.25, 0.3) is 10.9 Å². The molecule has 0 saturated carbocycles. The van der Waals surface area contributed by atoms with Crippen molar-refractivity contribution in [1.82, 2.24) is 19.7 Å². The van der Waals surface area contributed by atoms with Crippen LogP contribution in [0.3, 0.4) is 0 Å². The normalized spacial score (nSPS) is 15.6. The van der Waals surface area contributed by atoms with Gasteiger partial charge in [0.1, 0.15) is 16.9 Å². The number of halogens is 1. The summed E-state index contributed by atoms with van der Waals surface area (Å²) in [5, 5.41) is 7.50. The van der Waals surface area contributed by atoms with E-state index in [0.717, 1.165) is 11.3 Å². The Morgan fingerprint density at radius 3 is 2.72 bits per heavy atom. The first kappa shape index (κ1) is 23.8. The molecular weight excluding hydrogens is 465 g/mol. The van der Waals surface area contributed by atoms with Gasteiger partial charge in [0.25, 0.3) is 0 Å². The minimum Gasteiger partial charge on any atom is -0.444 e. The van der Waals surface area contributed by atoms with E-state index in [1.807, 2.05) is 26.8 Å². The summed E-state index contributed by atoms with van der Waals surface area (Å²) in [6.45, 7) is 7.36.